The summed E-state index contributed by atoms with van der Waals surface area (Å²) in [6, 6.07) is 1.15. The molecule has 1 heterocycles. The zero-order valence-corrected chi connectivity index (χ0v) is 8.70. The van der Waals surface area contributed by atoms with E-state index in [0.29, 0.717) is 0 Å². The van der Waals surface area contributed by atoms with E-state index in [1.807, 2.05) is 0 Å². The first-order valence-electron chi connectivity index (χ1n) is 1.98. The summed E-state index contributed by atoms with van der Waals surface area (Å²) in [7, 11) is 0. The topological polar surface area (TPSA) is 12.9 Å². The Labute approximate surface area is 89.9 Å². The fraction of sp³-hybridized carbons (Fsp3) is 0. The van der Waals surface area contributed by atoms with Gasteiger partial charge in [0, 0.05) is 5.82 Å². The van der Waals surface area contributed by atoms with Gasteiger partial charge in [-0.25, -0.2) is 4.39 Å². The SMILES string of the molecule is Fc1cn[c-]c(Cl)c1.[Br-].[Mg+2]. The third-order valence-electron chi connectivity index (χ3n) is 0.624. The quantitative estimate of drug-likeness (QED) is 0.385. The summed E-state index contributed by atoms with van der Waals surface area (Å²) in [6.45, 7) is 0. The van der Waals surface area contributed by atoms with Gasteiger partial charge >= 0.3 is 23.1 Å². The second kappa shape index (κ2) is 6.33. The molecule has 0 atom stereocenters. The number of nitrogens with zero attached hydrogens (tertiary/aromatic N) is 1. The second-order valence-corrected chi connectivity index (χ2v) is 1.65. The van der Waals surface area contributed by atoms with Gasteiger partial charge in [-0.2, -0.15) is 0 Å². The molecular weight excluding hydrogens is 233 g/mol. The van der Waals surface area contributed by atoms with Crippen LogP contribution in [0.4, 0.5) is 4.39 Å². The molecule has 1 rings (SSSR count). The zero-order chi connectivity index (χ0) is 5.98. The van der Waals surface area contributed by atoms with E-state index >= 15 is 0 Å². The average Bonchev–Trinajstić information content (AvgIpc) is 1.64. The Morgan fingerprint density at radius 1 is 1.60 bits per heavy atom. The molecule has 0 spiro atoms. The molecular formula is C5H2BrClFMgN. The van der Waals surface area contributed by atoms with Crippen molar-refractivity contribution in [1.29, 1.82) is 0 Å². The fourth-order valence-electron chi connectivity index (χ4n) is 0.346. The molecule has 0 aliphatic heterocycles. The van der Waals surface area contributed by atoms with Gasteiger partial charge in [0.1, 0.15) is 0 Å². The molecule has 0 aliphatic carbocycles. The zero-order valence-electron chi connectivity index (χ0n) is 4.94. The summed E-state index contributed by atoms with van der Waals surface area (Å²) in [5.41, 5.74) is 0. The third-order valence-corrected chi connectivity index (χ3v) is 0.817. The van der Waals surface area contributed by atoms with Gasteiger partial charge in [-0.05, 0) is 0 Å². The van der Waals surface area contributed by atoms with Gasteiger partial charge in [-0.15, -0.1) is 17.7 Å². The summed E-state index contributed by atoms with van der Waals surface area (Å²) >= 11 is 5.29. The first-order valence-corrected chi connectivity index (χ1v) is 2.35. The summed E-state index contributed by atoms with van der Waals surface area (Å²) in [4.78, 5) is 3.35. The van der Waals surface area contributed by atoms with Crippen LogP contribution in [0, 0.1) is 12.0 Å². The Morgan fingerprint density at radius 3 is 2.50 bits per heavy atom. The predicted octanol–water partition coefficient (Wildman–Crippen LogP) is -1.70. The molecule has 0 aromatic carbocycles. The van der Waals surface area contributed by atoms with Gasteiger partial charge in [0.15, 0.2) is 0 Å². The van der Waals surface area contributed by atoms with E-state index in [-0.39, 0.29) is 45.1 Å². The Bertz CT molecular complexity index is 182. The number of aromatic nitrogens is 1. The first-order chi connectivity index (χ1) is 3.79. The van der Waals surface area contributed by atoms with E-state index in [1.54, 1.807) is 0 Å². The van der Waals surface area contributed by atoms with Crippen LogP contribution in [-0.4, -0.2) is 28.0 Å². The minimum Gasteiger partial charge on any atom is -1.00 e. The van der Waals surface area contributed by atoms with Crippen molar-refractivity contribution < 1.29 is 21.4 Å². The maximum absolute atomic E-state index is 12.0. The average molecular weight is 235 g/mol. The maximum Gasteiger partial charge on any atom is 2.00 e. The molecule has 0 unspecified atom stereocenters. The normalized spacial score (nSPS) is 7.40. The molecule has 0 fully saturated rings. The Balaban J connectivity index is 0. The van der Waals surface area contributed by atoms with Crippen molar-refractivity contribution in [3.05, 3.63) is 29.3 Å². The molecule has 1 aromatic heterocycles. The van der Waals surface area contributed by atoms with Crippen LogP contribution >= 0.6 is 11.6 Å². The van der Waals surface area contributed by atoms with Gasteiger partial charge < -0.3 is 22.0 Å². The molecule has 0 amide bonds. The van der Waals surface area contributed by atoms with Crippen molar-refractivity contribution in [3.63, 3.8) is 0 Å². The van der Waals surface area contributed by atoms with E-state index in [1.165, 1.54) is 0 Å². The number of rotatable bonds is 0. The molecule has 1 nitrogen and oxygen atoms in total. The smallest absolute Gasteiger partial charge is 1.00 e. The van der Waals surface area contributed by atoms with E-state index in [4.69, 9.17) is 11.6 Å². The monoisotopic (exact) mass is 233 g/mol. The van der Waals surface area contributed by atoms with Crippen molar-refractivity contribution in [2.75, 3.05) is 0 Å². The molecule has 10 heavy (non-hydrogen) atoms. The summed E-state index contributed by atoms with van der Waals surface area (Å²) in [6.07, 6.45) is 3.40. The molecule has 0 radical (unpaired) electrons. The molecule has 0 saturated carbocycles. The fourth-order valence-corrected chi connectivity index (χ4v) is 0.499. The van der Waals surface area contributed by atoms with Crippen LogP contribution in [0.3, 0.4) is 0 Å². The molecule has 5 heteroatoms. The molecule has 0 aliphatic rings. The minimum atomic E-state index is -0.436. The second-order valence-electron chi connectivity index (χ2n) is 1.25. The van der Waals surface area contributed by atoms with Crippen molar-refractivity contribution >= 4 is 34.7 Å². The third kappa shape index (κ3) is 4.43. The summed E-state index contributed by atoms with van der Waals surface area (Å²) in [5, 5.41) is 0.199. The van der Waals surface area contributed by atoms with Crippen LogP contribution < -0.4 is 17.0 Å². The molecule has 1 aromatic rings. The number of halogens is 3. The number of pyridine rings is 1. The van der Waals surface area contributed by atoms with E-state index in [9.17, 15) is 4.39 Å². The van der Waals surface area contributed by atoms with Crippen molar-refractivity contribution in [2.45, 2.75) is 0 Å². The van der Waals surface area contributed by atoms with Gasteiger partial charge in [0.25, 0.3) is 0 Å². The van der Waals surface area contributed by atoms with Crippen LogP contribution in [0.1, 0.15) is 0 Å². The van der Waals surface area contributed by atoms with Gasteiger partial charge in [-0.3, -0.25) is 0 Å². The molecule has 50 valence electrons. The Hall–Kier alpha value is 0.616. The first kappa shape index (κ1) is 13.2. The number of hydrogen-bond donors (Lipinski definition) is 0. The van der Waals surface area contributed by atoms with Gasteiger partial charge in [0.05, 0.1) is 0 Å². The molecule has 0 N–H and O–H groups in total. The molecule has 0 saturated heterocycles. The maximum atomic E-state index is 12.0. The van der Waals surface area contributed by atoms with Crippen molar-refractivity contribution in [2.24, 2.45) is 0 Å². The van der Waals surface area contributed by atoms with E-state index in [2.05, 4.69) is 11.2 Å². The molecule has 0 bridgehead atoms. The number of hydrogen-bond acceptors (Lipinski definition) is 1. The Morgan fingerprint density at radius 2 is 2.20 bits per heavy atom. The Kier molecular flexibility index (Phi) is 8.38. The van der Waals surface area contributed by atoms with Crippen molar-refractivity contribution in [3.8, 4) is 0 Å². The van der Waals surface area contributed by atoms with Crippen LogP contribution in [0.2, 0.25) is 5.02 Å². The van der Waals surface area contributed by atoms with Gasteiger partial charge in [-0.1, -0.05) is 17.4 Å². The van der Waals surface area contributed by atoms with Crippen molar-refractivity contribution in [1.82, 2.24) is 4.98 Å². The largest absolute Gasteiger partial charge is 2.00 e. The van der Waals surface area contributed by atoms with Crippen LogP contribution in [0.5, 0.6) is 0 Å². The van der Waals surface area contributed by atoms with Gasteiger partial charge in [0.2, 0.25) is 0 Å². The van der Waals surface area contributed by atoms with Crippen LogP contribution in [0.25, 0.3) is 0 Å². The summed E-state index contributed by atoms with van der Waals surface area (Å²) in [5.74, 6) is -0.436. The van der Waals surface area contributed by atoms with E-state index in [0.717, 1.165) is 12.3 Å². The predicted molar refractivity (Wildman–Crippen MR) is 33.8 cm³/mol. The van der Waals surface area contributed by atoms with Crippen LogP contribution in [-0.2, 0) is 0 Å². The van der Waals surface area contributed by atoms with E-state index < -0.39 is 5.82 Å². The minimum absolute atomic E-state index is 0. The summed E-state index contributed by atoms with van der Waals surface area (Å²) < 4.78 is 12.0. The standard InChI is InChI=1S/C5H2ClFN.BrH.Mg/c6-4-1-5(7)3-8-2-4;;/h1,3H;1H;/q-1;;+2/p-1. The van der Waals surface area contributed by atoms with Crippen LogP contribution in [0.15, 0.2) is 12.3 Å².